The Kier molecular flexibility index (Phi) is 4.10. The van der Waals surface area contributed by atoms with Crippen LogP contribution in [0.4, 0.5) is 0 Å². The molecule has 3 rings (SSSR count). The van der Waals surface area contributed by atoms with Crippen LogP contribution in [0.3, 0.4) is 0 Å². The van der Waals surface area contributed by atoms with Crippen molar-refractivity contribution in [2.75, 3.05) is 18.1 Å². The molecule has 0 aliphatic carbocycles. The van der Waals surface area contributed by atoms with E-state index in [0.29, 0.717) is 24.7 Å². The normalized spacial score (nSPS) is 21.3. The highest BCUT2D eigenvalue weighted by molar-refractivity contribution is 9.10. The van der Waals surface area contributed by atoms with Gasteiger partial charge in [-0.3, -0.25) is 0 Å². The van der Waals surface area contributed by atoms with Crippen LogP contribution in [0.2, 0.25) is 0 Å². The molecule has 1 aromatic carbocycles. The van der Waals surface area contributed by atoms with Crippen LogP contribution in [-0.2, 0) is 16.3 Å². The van der Waals surface area contributed by atoms with Gasteiger partial charge in [-0.1, -0.05) is 33.2 Å². The van der Waals surface area contributed by atoms with Gasteiger partial charge in [0.2, 0.25) is 11.7 Å². The second-order valence-corrected chi connectivity index (χ2v) is 8.04. The summed E-state index contributed by atoms with van der Waals surface area (Å²) >= 11 is 3.44. The summed E-state index contributed by atoms with van der Waals surface area (Å²) in [5.74, 6) is 1.24. The minimum atomic E-state index is -2.96. The van der Waals surface area contributed by atoms with Gasteiger partial charge in [0.25, 0.3) is 0 Å². The molecular formula is C13H14BrN3O3S. The minimum absolute atomic E-state index is 0.111. The molecule has 6 nitrogen and oxygen atoms in total. The van der Waals surface area contributed by atoms with Gasteiger partial charge in [-0.25, -0.2) is 8.42 Å². The molecule has 1 aromatic heterocycles. The Morgan fingerprint density at radius 1 is 1.38 bits per heavy atom. The predicted octanol–water partition coefficient (Wildman–Crippen LogP) is 1.43. The van der Waals surface area contributed by atoms with Crippen molar-refractivity contribution in [2.45, 2.75) is 12.5 Å². The first-order valence-corrected chi connectivity index (χ1v) is 9.16. The van der Waals surface area contributed by atoms with E-state index in [1.165, 1.54) is 0 Å². The largest absolute Gasteiger partial charge is 0.339 e. The topological polar surface area (TPSA) is 85.1 Å². The third-order valence-electron chi connectivity index (χ3n) is 3.31. The van der Waals surface area contributed by atoms with Gasteiger partial charge in [0.05, 0.1) is 11.5 Å². The zero-order valence-corrected chi connectivity index (χ0v) is 13.5. The van der Waals surface area contributed by atoms with Gasteiger partial charge in [-0.2, -0.15) is 4.98 Å². The third kappa shape index (κ3) is 3.50. The van der Waals surface area contributed by atoms with E-state index in [-0.39, 0.29) is 17.5 Å². The van der Waals surface area contributed by atoms with Crippen LogP contribution in [0.5, 0.6) is 0 Å². The monoisotopic (exact) mass is 371 g/mol. The zero-order chi connectivity index (χ0) is 14.9. The molecule has 1 atom stereocenters. The van der Waals surface area contributed by atoms with Crippen LogP contribution in [-0.4, -0.2) is 42.7 Å². The van der Waals surface area contributed by atoms with Crippen LogP contribution < -0.4 is 5.32 Å². The number of rotatable bonds is 3. The van der Waals surface area contributed by atoms with Crippen LogP contribution in [0.1, 0.15) is 5.89 Å². The van der Waals surface area contributed by atoms with Crippen LogP contribution in [0, 0.1) is 0 Å². The summed E-state index contributed by atoms with van der Waals surface area (Å²) in [5, 5.41) is 7.12. The summed E-state index contributed by atoms with van der Waals surface area (Å²) in [4.78, 5) is 4.34. The number of hydrogen-bond donors (Lipinski definition) is 1. The van der Waals surface area contributed by atoms with Crippen molar-refractivity contribution in [3.63, 3.8) is 0 Å². The summed E-state index contributed by atoms with van der Waals surface area (Å²) in [5.41, 5.74) is 0.844. The van der Waals surface area contributed by atoms with E-state index in [2.05, 4.69) is 31.4 Å². The van der Waals surface area contributed by atoms with E-state index < -0.39 is 9.84 Å². The molecule has 1 N–H and O–H groups in total. The Balaban J connectivity index is 1.75. The quantitative estimate of drug-likeness (QED) is 0.878. The van der Waals surface area contributed by atoms with Gasteiger partial charge < -0.3 is 9.84 Å². The fraction of sp³-hybridized carbons (Fsp3) is 0.385. The summed E-state index contributed by atoms with van der Waals surface area (Å²) < 4.78 is 29.3. The van der Waals surface area contributed by atoms with E-state index >= 15 is 0 Å². The number of sulfone groups is 1. The number of benzene rings is 1. The van der Waals surface area contributed by atoms with E-state index in [4.69, 9.17) is 4.52 Å². The number of aromatic nitrogens is 2. The van der Waals surface area contributed by atoms with Crippen molar-refractivity contribution in [3.8, 4) is 11.4 Å². The molecule has 0 spiro atoms. The van der Waals surface area contributed by atoms with Crippen LogP contribution >= 0.6 is 15.9 Å². The molecule has 0 bridgehead atoms. The SMILES string of the molecule is O=S1(=O)CCNC(Cc2nc(-c3ccccc3Br)no2)C1. The number of hydrogen-bond acceptors (Lipinski definition) is 6. The molecule has 1 aliphatic heterocycles. The van der Waals surface area contributed by atoms with E-state index in [0.717, 1.165) is 10.0 Å². The predicted molar refractivity (Wildman–Crippen MR) is 81.6 cm³/mol. The molecule has 0 amide bonds. The van der Waals surface area contributed by atoms with E-state index in [9.17, 15) is 8.42 Å². The summed E-state index contributed by atoms with van der Waals surface area (Å²) in [7, 11) is -2.96. The summed E-state index contributed by atoms with van der Waals surface area (Å²) in [6.07, 6.45) is 0.413. The van der Waals surface area contributed by atoms with Crippen molar-refractivity contribution in [2.24, 2.45) is 0 Å². The van der Waals surface area contributed by atoms with E-state index in [1.54, 1.807) is 0 Å². The molecule has 1 aliphatic rings. The molecule has 2 heterocycles. The van der Waals surface area contributed by atoms with Crippen molar-refractivity contribution in [3.05, 3.63) is 34.6 Å². The highest BCUT2D eigenvalue weighted by atomic mass is 79.9. The molecule has 1 fully saturated rings. The Morgan fingerprint density at radius 3 is 2.95 bits per heavy atom. The third-order valence-corrected chi connectivity index (χ3v) is 5.73. The van der Waals surface area contributed by atoms with Gasteiger partial charge in [-0.15, -0.1) is 0 Å². The number of nitrogens with one attached hydrogen (secondary N) is 1. The summed E-state index contributed by atoms with van der Waals surface area (Å²) in [6, 6.07) is 7.43. The Labute approximate surface area is 131 Å². The number of halogens is 1. The molecule has 8 heteroatoms. The highest BCUT2D eigenvalue weighted by Gasteiger charge is 2.26. The van der Waals surface area contributed by atoms with Gasteiger partial charge in [0.15, 0.2) is 9.84 Å². The van der Waals surface area contributed by atoms with Gasteiger partial charge in [0, 0.05) is 29.0 Å². The van der Waals surface area contributed by atoms with Crippen molar-refractivity contribution in [1.29, 1.82) is 0 Å². The Bertz CT molecular complexity index is 745. The number of nitrogens with zero attached hydrogens (tertiary/aromatic N) is 2. The summed E-state index contributed by atoms with van der Waals surface area (Å²) in [6.45, 7) is 0.470. The molecule has 21 heavy (non-hydrogen) atoms. The standard InChI is InChI=1S/C13H14BrN3O3S/c14-11-4-2-1-3-10(11)13-16-12(20-17-13)7-9-8-21(18,19)6-5-15-9/h1-4,9,15H,5-8H2. The minimum Gasteiger partial charge on any atom is -0.339 e. The zero-order valence-electron chi connectivity index (χ0n) is 11.1. The lowest BCUT2D eigenvalue weighted by Gasteiger charge is -2.21. The maximum Gasteiger partial charge on any atom is 0.228 e. The Hall–Kier alpha value is -1.25. The molecule has 1 saturated heterocycles. The lowest BCUT2D eigenvalue weighted by Crippen LogP contribution is -2.46. The first-order chi connectivity index (χ1) is 10.0. The van der Waals surface area contributed by atoms with Crippen molar-refractivity contribution >= 4 is 25.8 Å². The Morgan fingerprint density at radius 2 is 2.19 bits per heavy atom. The second-order valence-electron chi connectivity index (χ2n) is 4.96. The smallest absolute Gasteiger partial charge is 0.228 e. The van der Waals surface area contributed by atoms with Crippen LogP contribution in [0.25, 0.3) is 11.4 Å². The maximum atomic E-state index is 11.6. The van der Waals surface area contributed by atoms with Crippen molar-refractivity contribution in [1.82, 2.24) is 15.5 Å². The van der Waals surface area contributed by atoms with Gasteiger partial charge >= 0.3 is 0 Å². The molecule has 0 radical (unpaired) electrons. The first kappa shape index (κ1) is 14.7. The lowest BCUT2D eigenvalue weighted by atomic mass is 10.2. The van der Waals surface area contributed by atoms with Gasteiger partial charge in [-0.05, 0) is 12.1 Å². The van der Waals surface area contributed by atoms with Crippen LogP contribution in [0.15, 0.2) is 33.3 Å². The first-order valence-electron chi connectivity index (χ1n) is 6.55. The second kappa shape index (κ2) is 5.86. The highest BCUT2D eigenvalue weighted by Crippen LogP contribution is 2.25. The molecule has 0 saturated carbocycles. The lowest BCUT2D eigenvalue weighted by molar-refractivity contribution is 0.361. The molecule has 2 aromatic rings. The van der Waals surface area contributed by atoms with E-state index in [1.807, 2.05) is 24.3 Å². The van der Waals surface area contributed by atoms with Crippen molar-refractivity contribution < 1.29 is 12.9 Å². The average molecular weight is 372 g/mol. The molecule has 1 unspecified atom stereocenters. The maximum absolute atomic E-state index is 11.6. The fourth-order valence-corrected chi connectivity index (χ4v) is 4.21. The molecular weight excluding hydrogens is 358 g/mol. The van der Waals surface area contributed by atoms with Gasteiger partial charge in [0.1, 0.15) is 0 Å². The molecule has 112 valence electrons. The fourth-order valence-electron chi connectivity index (χ4n) is 2.30. The average Bonchev–Trinajstić information content (AvgIpc) is 2.86.